The predicted octanol–water partition coefficient (Wildman–Crippen LogP) is 2.36. The van der Waals surface area contributed by atoms with E-state index in [1.54, 1.807) is 26.8 Å². The van der Waals surface area contributed by atoms with Crippen LogP contribution in [0.2, 0.25) is 0 Å². The van der Waals surface area contributed by atoms with E-state index in [9.17, 15) is 24.3 Å². The quantitative estimate of drug-likeness (QED) is 0.311. The highest BCUT2D eigenvalue weighted by atomic mass is 19.1. The summed E-state index contributed by atoms with van der Waals surface area (Å²) in [5, 5.41) is 15.0. The second-order valence-electron chi connectivity index (χ2n) is 10.9. The Morgan fingerprint density at radius 1 is 1.32 bits per heavy atom. The monoisotopic (exact) mass is 564 g/mol. The van der Waals surface area contributed by atoms with Gasteiger partial charge in [0.05, 0.1) is 41.0 Å². The van der Waals surface area contributed by atoms with Crippen molar-refractivity contribution in [2.45, 2.75) is 64.8 Å². The molecule has 11 nitrogen and oxygen atoms in total. The van der Waals surface area contributed by atoms with E-state index in [1.807, 2.05) is 0 Å². The molecule has 2 aliphatic heterocycles. The summed E-state index contributed by atoms with van der Waals surface area (Å²) in [4.78, 5) is 55.2. The molecule has 0 fully saturated rings. The van der Waals surface area contributed by atoms with Crippen molar-refractivity contribution >= 4 is 28.9 Å². The molecule has 0 radical (unpaired) electrons. The maximum absolute atomic E-state index is 15.0. The first-order valence-corrected chi connectivity index (χ1v) is 13.5. The van der Waals surface area contributed by atoms with Crippen LogP contribution in [0.1, 0.15) is 66.1 Å². The maximum atomic E-state index is 15.0. The number of aryl methyl sites for hydroxylation is 1. The van der Waals surface area contributed by atoms with Crippen molar-refractivity contribution in [2.75, 3.05) is 6.61 Å². The number of primary amides is 1. The molecule has 1 aliphatic carbocycles. The minimum absolute atomic E-state index is 0.00455. The van der Waals surface area contributed by atoms with Gasteiger partial charge in [0.1, 0.15) is 19.0 Å². The van der Waals surface area contributed by atoms with Gasteiger partial charge in [0.2, 0.25) is 5.91 Å². The normalized spacial score (nSPS) is 21.0. The zero-order valence-electron chi connectivity index (χ0n) is 22.8. The summed E-state index contributed by atoms with van der Waals surface area (Å²) in [6.07, 6.45) is -0.00716. The van der Waals surface area contributed by atoms with Crippen LogP contribution >= 0.6 is 0 Å². The van der Waals surface area contributed by atoms with Gasteiger partial charge in [0.15, 0.2) is 5.60 Å². The van der Waals surface area contributed by atoms with E-state index in [-0.39, 0.29) is 43.2 Å². The molecule has 1 aromatic carbocycles. The molecule has 3 atom stereocenters. The molecule has 0 saturated heterocycles. The summed E-state index contributed by atoms with van der Waals surface area (Å²) in [5.74, 6) is -2.27. The highest BCUT2D eigenvalue weighted by Crippen LogP contribution is 2.46. The van der Waals surface area contributed by atoms with Crippen molar-refractivity contribution in [3.8, 4) is 11.4 Å². The van der Waals surface area contributed by atoms with Gasteiger partial charge in [-0.1, -0.05) is 13.8 Å². The standard InChI is InChI=1S/C29H29FN4O7/c1-4-29(39)17-7-21-24-15(9-34(21)26(36)16(17)11-40-27(29)37)23-19(33-25(35)12(2)10-41-28(31)38)6-5-14-13(3)18(30)8-20(32-24)22(14)23/h7-8,12,19,39H,4-6,9-11H2,1-3H3,(H2,31,38)(H,33,35)/t12?,19-,29-/m0/s1. The first-order valence-electron chi connectivity index (χ1n) is 13.5. The van der Waals surface area contributed by atoms with E-state index in [2.05, 4.69) is 5.32 Å². The Hall–Kier alpha value is -4.32. The lowest BCUT2D eigenvalue weighted by Crippen LogP contribution is -2.44. The minimum atomic E-state index is -1.98. The number of amides is 2. The first-order chi connectivity index (χ1) is 19.5. The van der Waals surface area contributed by atoms with E-state index < -0.39 is 41.0 Å². The number of nitrogens with one attached hydrogen (secondary N) is 1. The number of hydrogen-bond acceptors (Lipinski definition) is 8. The zero-order chi connectivity index (χ0) is 29.4. The molecule has 4 N–H and O–H groups in total. The average Bonchev–Trinajstić information content (AvgIpc) is 3.31. The Morgan fingerprint density at radius 3 is 2.78 bits per heavy atom. The van der Waals surface area contributed by atoms with Gasteiger partial charge < -0.3 is 30.2 Å². The SMILES string of the molecule is CC[C@@]1(O)C(=O)OCc2c1cc1n(c2=O)Cc2c-1nc1cc(F)c(C)c3c1c2[C@@H](NC(=O)C(C)COC(N)=O)CC3. The van der Waals surface area contributed by atoms with E-state index in [4.69, 9.17) is 20.2 Å². The molecule has 4 heterocycles. The van der Waals surface area contributed by atoms with Crippen molar-refractivity contribution in [3.05, 3.63) is 61.7 Å². The van der Waals surface area contributed by atoms with Crippen LogP contribution in [-0.4, -0.2) is 39.2 Å². The van der Waals surface area contributed by atoms with Crippen molar-refractivity contribution in [2.24, 2.45) is 11.7 Å². The lowest BCUT2D eigenvalue weighted by Gasteiger charge is -2.31. The Kier molecular flexibility index (Phi) is 6.14. The molecule has 2 amide bonds. The minimum Gasteiger partial charge on any atom is -0.458 e. The summed E-state index contributed by atoms with van der Waals surface area (Å²) in [7, 11) is 0. The number of ether oxygens (including phenoxy) is 2. The third-order valence-corrected chi connectivity index (χ3v) is 8.62. The van der Waals surface area contributed by atoms with Gasteiger partial charge in [-0.25, -0.2) is 19.0 Å². The van der Waals surface area contributed by atoms with E-state index in [1.165, 1.54) is 10.6 Å². The number of nitrogens with zero attached hydrogens (tertiary/aromatic N) is 2. The number of benzene rings is 1. The number of carbonyl (C=O) groups excluding carboxylic acids is 3. The third kappa shape index (κ3) is 3.91. The summed E-state index contributed by atoms with van der Waals surface area (Å²) >= 11 is 0. The van der Waals surface area contributed by atoms with Crippen LogP contribution in [0, 0.1) is 18.7 Å². The third-order valence-electron chi connectivity index (χ3n) is 8.62. The Morgan fingerprint density at radius 2 is 2.07 bits per heavy atom. The van der Waals surface area contributed by atoms with Gasteiger partial charge >= 0.3 is 12.1 Å². The molecule has 3 aliphatic rings. The number of rotatable bonds is 5. The molecule has 12 heteroatoms. The summed E-state index contributed by atoms with van der Waals surface area (Å²) in [6.45, 7) is 4.63. The molecule has 214 valence electrons. The van der Waals surface area contributed by atoms with Gasteiger partial charge in [0.25, 0.3) is 5.56 Å². The van der Waals surface area contributed by atoms with Crippen molar-refractivity contribution in [1.82, 2.24) is 14.9 Å². The van der Waals surface area contributed by atoms with E-state index >= 15 is 4.39 Å². The van der Waals surface area contributed by atoms with Crippen LogP contribution in [0.3, 0.4) is 0 Å². The van der Waals surface area contributed by atoms with Crippen LogP contribution in [0.4, 0.5) is 9.18 Å². The smallest absolute Gasteiger partial charge is 0.404 e. The molecular weight excluding hydrogens is 535 g/mol. The molecule has 41 heavy (non-hydrogen) atoms. The fourth-order valence-corrected chi connectivity index (χ4v) is 6.30. The van der Waals surface area contributed by atoms with Crippen molar-refractivity contribution < 1.29 is 33.4 Å². The average molecular weight is 565 g/mol. The molecular formula is C29H29FN4O7. The second-order valence-corrected chi connectivity index (χ2v) is 10.9. The molecule has 3 aromatic rings. The molecule has 6 rings (SSSR count). The summed E-state index contributed by atoms with van der Waals surface area (Å²) < 4.78 is 26.5. The van der Waals surface area contributed by atoms with Crippen LogP contribution < -0.4 is 16.6 Å². The number of pyridine rings is 2. The lowest BCUT2D eigenvalue weighted by molar-refractivity contribution is -0.172. The fraction of sp³-hybridized carbons (Fsp3) is 0.414. The Bertz CT molecular complexity index is 1750. The number of cyclic esters (lactones) is 1. The van der Waals surface area contributed by atoms with Gasteiger partial charge in [-0.2, -0.15) is 0 Å². The number of fused-ring (bicyclic) bond motifs is 5. The maximum Gasteiger partial charge on any atom is 0.404 e. The number of aliphatic hydroxyl groups is 1. The highest BCUT2D eigenvalue weighted by Gasteiger charge is 2.46. The molecule has 2 aromatic heterocycles. The van der Waals surface area contributed by atoms with Crippen LogP contribution in [0.15, 0.2) is 16.9 Å². The number of hydrogen-bond donors (Lipinski definition) is 3. The van der Waals surface area contributed by atoms with Crippen molar-refractivity contribution in [1.29, 1.82) is 0 Å². The lowest BCUT2D eigenvalue weighted by atomic mass is 9.81. The molecule has 1 unspecified atom stereocenters. The van der Waals surface area contributed by atoms with Crippen molar-refractivity contribution in [3.63, 3.8) is 0 Å². The van der Waals surface area contributed by atoms with Crippen LogP contribution in [-0.2, 0) is 44.2 Å². The van der Waals surface area contributed by atoms with Crippen LogP contribution in [0.5, 0.6) is 0 Å². The molecule has 0 bridgehead atoms. The van der Waals surface area contributed by atoms with Crippen LogP contribution in [0.25, 0.3) is 22.3 Å². The zero-order valence-corrected chi connectivity index (χ0v) is 22.8. The summed E-state index contributed by atoms with van der Waals surface area (Å²) in [5.41, 5.74) is 6.96. The molecule has 0 saturated carbocycles. The molecule has 0 spiro atoms. The highest BCUT2D eigenvalue weighted by molar-refractivity contribution is 5.94. The predicted molar refractivity (Wildman–Crippen MR) is 143 cm³/mol. The number of carbonyl (C=O) groups is 3. The van der Waals surface area contributed by atoms with Gasteiger partial charge in [0, 0.05) is 22.6 Å². The number of aromatic nitrogens is 2. The number of nitrogens with two attached hydrogens (primary N) is 1. The topological polar surface area (TPSA) is 163 Å². The largest absolute Gasteiger partial charge is 0.458 e. The number of esters is 1. The first kappa shape index (κ1) is 26.9. The van der Waals surface area contributed by atoms with Gasteiger partial charge in [-0.05, 0) is 48.9 Å². The number of halogens is 1. The van der Waals surface area contributed by atoms with E-state index in [0.717, 1.165) is 16.5 Å². The summed E-state index contributed by atoms with van der Waals surface area (Å²) in [6, 6.07) is 2.46. The Balaban J connectivity index is 1.54. The Labute approximate surface area is 233 Å². The van der Waals surface area contributed by atoms with Gasteiger partial charge in [-0.15, -0.1) is 0 Å². The second kappa shape index (κ2) is 9.37. The van der Waals surface area contributed by atoms with Gasteiger partial charge in [-0.3, -0.25) is 9.59 Å². The fourth-order valence-electron chi connectivity index (χ4n) is 6.30. The van der Waals surface area contributed by atoms with E-state index in [0.29, 0.717) is 40.9 Å².